The fraction of sp³-hybridized carbons (Fsp3) is 0.467. The predicted molar refractivity (Wildman–Crippen MR) is 71.3 cm³/mol. The van der Waals surface area contributed by atoms with Crippen molar-refractivity contribution in [1.29, 1.82) is 0 Å². The Kier molecular flexibility index (Phi) is 4.55. The van der Waals surface area contributed by atoms with Crippen molar-refractivity contribution < 1.29 is 23.1 Å². The van der Waals surface area contributed by atoms with Crippen LogP contribution < -0.4 is 0 Å². The van der Waals surface area contributed by atoms with Gasteiger partial charge in [0.2, 0.25) is 5.91 Å². The van der Waals surface area contributed by atoms with Gasteiger partial charge >= 0.3 is 5.97 Å². The molecule has 4 nitrogen and oxygen atoms in total. The van der Waals surface area contributed by atoms with Crippen LogP contribution in [0.15, 0.2) is 18.2 Å². The predicted octanol–water partition coefficient (Wildman–Crippen LogP) is 2.58. The van der Waals surface area contributed by atoms with Gasteiger partial charge in [0.05, 0.1) is 13.2 Å². The maximum atomic E-state index is 14.0. The van der Waals surface area contributed by atoms with E-state index >= 15 is 0 Å². The maximum absolute atomic E-state index is 14.0. The van der Waals surface area contributed by atoms with Crippen LogP contribution in [0.25, 0.3) is 0 Å². The molecular weight excluding hydrogens is 280 g/mol. The SMILES string of the molecule is CCC(c1ccc(F)cc1F)N1C(=O)CCC1C(=O)OC. The lowest BCUT2D eigenvalue weighted by molar-refractivity contribution is -0.151. The molecule has 1 fully saturated rings. The van der Waals surface area contributed by atoms with Gasteiger partial charge in [-0.1, -0.05) is 13.0 Å². The van der Waals surface area contributed by atoms with E-state index in [0.29, 0.717) is 12.8 Å². The molecule has 1 aliphatic rings. The first-order valence-electron chi connectivity index (χ1n) is 6.83. The normalized spacial score (nSPS) is 19.7. The summed E-state index contributed by atoms with van der Waals surface area (Å²) in [4.78, 5) is 25.2. The molecule has 0 bridgehead atoms. The fourth-order valence-electron chi connectivity index (χ4n) is 2.80. The Bertz CT molecular complexity index is 562. The van der Waals surface area contributed by atoms with E-state index in [1.165, 1.54) is 18.1 Å². The fourth-order valence-corrected chi connectivity index (χ4v) is 2.80. The number of esters is 1. The lowest BCUT2D eigenvalue weighted by atomic mass is 10.0. The number of nitrogens with zero attached hydrogens (tertiary/aromatic N) is 1. The highest BCUT2D eigenvalue weighted by Gasteiger charge is 2.41. The summed E-state index contributed by atoms with van der Waals surface area (Å²) in [6.45, 7) is 1.79. The molecule has 0 aliphatic carbocycles. The van der Waals surface area contributed by atoms with E-state index in [9.17, 15) is 18.4 Å². The molecule has 1 amide bonds. The zero-order chi connectivity index (χ0) is 15.6. The molecule has 0 spiro atoms. The molecular formula is C15H17F2NO3. The Morgan fingerprint density at radius 2 is 2.19 bits per heavy atom. The van der Waals surface area contributed by atoms with Gasteiger partial charge in [-0.15, -0.1) is 0 Å². The minimum absolute atomic E-state index is 0.211. The van der Waals surface area contributed by atoms with Gasteiger partial charge in [-0.25, -0.2) is 13.6 Å². The highest BCUT2D eigenvalue weighted by molar-refractivity contribution is 5.88. The molecule has 1 aromatic rings. The van der Waals surface area contributed by atoms with Gasteiger partial charge in [0, 0.05) is 18.1 Å². The van der Waals surface area contributed by atoms with Crippen LogP contribution >= 0.6 is 0 Å². The molecule has 1 aromatic carbocycles. The first-order valence-corrected chi connectivity index (χ1v) is 6.83. The largest absolute Gasteiger partial charge is 0.467 e. The van der Waals surface area contributed by atoms with Crippen molar-refractivity contribution in [2.24, 2.45) is 0 Å². The van der Waals surface area contributed by atoms with Crippen LogP contribution in [-0.2, 0) is 14.3 Å². The van der Waals surface area contributed by atoms with Crippen molar-refractivity contribution in [2.75, 3.05) is 7.11 Å². The van der Waals surface area contributed by atoms with Crippen LogP contribution in [0.5, 0.6) is 0 Å². The maximum Gasteiger partial charge on any atom is 0.328 e. The third kappa shape index (κ3) is 2.89. The molecule has 2 rings (SSSR count). The molecule has 1 heterocycles. The Morgan fingerprint density at radius 3 is 2.76 bits per heavy atom. The van der Waals surface area contributed by atoms with Gasteiger partial charge in [0.15, 0.2) is 0 Å². The lowest BCUT2D eigenvalue weighted by Gasteiger charge is -2.31. The van der Waals surface area contributed by atoms with Gasteiger partial charge in [-0.2, -0.15) is 0 Å². The summed E-state index contributed by atoms with van der Waals surface area (Å²) in [6, 6.07) is 1.93. The van der Waals surface area contributed by atoms with Gasteiger partial charge in [-0.3, -0.25) is 4.79 Å². The number of hydrogen-bond acceptors (Lipinski definition) is 3. The van der Waals surface area contributed by atoms with Gasteiger partial charge in [-0.05, 0) is 18.9 Å². The minimum Gasteiger partial charge on any atom is -0.467 e. The smallest absolute Gasteiger partial charge is 0.328 e. The first-order chi connectivity index (χ1) is 9.99. The highest BCUT2D eigenvalue weighted by atomic mass is 19.1. The topological polar surface area (TPSA) is 46.6 Å². The average molecular weight is 297 g/mol. The Hall–Kier alpha value is -1.98. The standard InChI is InChI=1S/C15H17F2NO3/c1-3-12(10-5-4-9(16)8-11(10)17)18-13(15(20)21-2)6-7-14(18)19/h4-5,8,12-13H,3,6-7H2,1-2H3. The molecule has 21 heavy (non-hydrogen) atoms. The third-order valence-electron chi connectivity index (χ3n) is 3.77. The number of halogens is 2. The lowest BCUT2D eigenvalue weighted by Crippen LogP contribution is -2.42. The number of carbonyl (C=O) groups excluding carboxylic acids is 2. The van der Waals surface area contributed by atoms with E-state index in [2.05, 4.69) is 0 Å². The van der Waals surface area contributed by atoms with E-state index in [1.54, 1.807) is 6.92 Å². The zero-order valence-electron chi connectivity index (χ0n) is 11.9. The van der Waals surface area contributed by atoms with Crippen molar-refractivity contribution >= 4 is 11.9 Å². The molecule has 1 saturated heterocycles. The van der Waals surface area contributed by atoms with Crippen LogP contribution in [0.3, 0.4) is 0 Å². The van der Waals surface area contributed by atoms with E-state index in [1.807, 2.05) is 0 Å². The number of hydrogen-bond donors (Lipinski definition) is 0. The average Bonchev–Trinajstić information content (AvgIpc) is 2.83. The molecule has 6 heteroatoms. The number of carbonyl (C=O) groups is 2. The first kappa shape index (κ1) is 15.4. The van der Waals surface area contributed by atoms with Crippen LogP contribution in [-0.4, -0.2) is 29.9 Å². The highest BCUT2D eigenvalue weighted by Crippen LogP contribution is 2.34. The van der Waals surface area contributed by atoms with E-state index < -0.39 is 29.7 Å². The second kappa shape index (κ2) is 6.20. The Morgan fingerprint density at radius 1 is 1.48 bits per heavy atom. The summed E-state index contributed by atoms with van der Waals surface area (Å²) in [5.41, 5.74) is 0.211. The van der Waals surface area contributed by atoms with Crippen LogP contribution in [0.2, 0.25) is 0 Å². The van der Waals surface area contributed by atoms with Crippen LogP contribution in [0.1, 0.15) is 37.8 Å². The zero-order valence-corrected chi connectivity index (χ0v) is 11.9. The summed E-state index contributed by atoms with van der Waals surface area (Å²) in [5.74, 6) is -2.13. The Labute approximate surface area is 121 Å². The molecule has 1 aliphatic heterocycles. The van der Waals surface area contributed by atoms with Crippen molar-refractivity contribution in [3.05, 3.63) is 35.4 Å². The summed E-state index contributed by atoms with van der Waals surface area (Å²) in [7, 11) is 1.25. The number of likely N-dealkylation sites (tertiary alicyclic amines) is 1. The number of amides is 1. The number of methoxy groups -OCH3 is 1. The van der Waals surface area contributed by atoms with E-state index in [0.717, 1.165) is 12.1 Å². The number of rotatable bonds is 4. The van der Waals surface area contributed by atoms with Crippen molar-refractivity contribution in [2.45, 2.75) is 38.3 Å². The van der Waals surface area contributed by atoms with E-state index in [-0.39, 0.29) is 17.9 Å². The summed E-state index contributed by atoms with van der Waals surface area (Å²) in [5, 5.41) is 0. The third-order valence-corrected chi connectivity index (χ3v) is 3.77. The van der Waals surface area contributed by atoms with Crippen molar-refractivity contribution in [1.82, 2.24) is 4.90 Å². The molecule has 0 N–H and O–H groups in total. The molecule has 0 aromatic heterocycles. The molecule has 2 atom stereocenters. The van der Waals surface area contributed by atoms with Gasteiger partial charge < -0.3 is 9.64 Å². The van der Waals surface area contributed by atoms with Crippen LogP contribution in [0.4, 0.5) is 8.78 Å². The second-order valence-corrected chi connectivity index (χ2v) is 4.97. The van der Waals surface area contributed by atoms with Gasteiger partial charge in [0.1, 0.15) is 17.7 Å². The van der Waals surface area contributed by atoms with E-state index in [4.69, 9.17) is 4.74 Å². The second-order valence-electron chi connectivity index (χ2n) is 4.97. The molecule has 2 unspecified atom stereocenters. The number of ether oxygens (including phenoxy) is 1. The quantitative estimate of drug-likeness (QED) is 0.803. The summed E-state index contributed by atoms with van der Waals surface area (Å²) >= 11 is 0. The minimum atomic E-state index is -0.717. The molecule has 114 valence electrons. The molecule has 0 saturated carbocycles. The summed E-state index contributed by atoms with van der Waals surface area (Å²) in [6.07, 6.45) is 0.992. The monoisotopic (exact) mass is 297 g/mol. The molecule has 0 radical (unpaired) electrons. The van der Waals surface area contributed by atoms with Gasteiger partial charge in [0.25, 0.3) is 0 Å². The van der Waals surface area contributed by atoms with Crippen LogP contribution in [0, 0.1) is 11.6 Å². The van der Waals surface area contributed by atoms with Crippen molar-refractivity contribution in [3.8, 4) is 0 Å². The Balaban J connectivity index is 2.38. The summed E-state index contributed by atoms with van der Waals surface area (Å²) < 4.78 is 31.7. The number of benzene rings is 1. The van der Waals surface area contributed by atoms with Crippen molar-refractivity contribution in [3.63, 3.8) is 0 Å².